The van der Waals surface area contributed by atoms with Crippen molar-refractivity contribution in [2.24, 2.45) is 0 Å². The first-order valence-electron chi connectivity index (χ1n) is 6.07. The van der Waals surface area contributed by atoms with Crippen molar-refractivity contribution >= 4 is 28.0 Å². The van der Waals surface area contributed by atoms with Crippen molar-refractivity contribution in [1.29, 1.82) is 0 Å². The summed E-state index contributed by atoms with van der Waals surface area (Å²) in [4.78, 5) is 20.7. The number of rotatable bonds is 8. The van der Waals surface area contributed by atoms with E-state index in [9.17, 15) is 18.0 Å². The lowest BCUT2D eigenvalue weighted by Gasteiger charge is -2.11. The van der Waals surface area contributed by atoms with Gasteiger partial charge in [0.2, 0.25) is 10.0 Å². The number of benzene rings is 1. The molecule has 0 unspecified atom stereocenters. The highest BCUT2D eigenvalue weighted by molar-refractivity contribution is 7.89. The predicted molar refractivity (Wildman–Crippen MR) is 77.1 cm³/mol. The first-order chi connectivity index (χ1) is 10.3. The summed E-state index contributed by atoms with van der Waals surface area (Å²) in [6.45, 7) is -0.268. The molecule has 0 radical (unpaired) electrons. The highest BCUT2D eigenvalue weighted by Crippen LogP contribution is 2.25. The second-order valence-corrected chi connectivity index (χ2v) is 5.86. The molecule has 0 aliphatic carbocycles. The van der Waals surface area contributed by atoms with E-state index in [1.807, 2.05) is 0 Å². The van der Waals surface area contributed by atoms with Crippen molar-refractivity contribution in [2.45, 2.75) is 11.3 Å². The first kappa shape index (κ1) is 17.7. The van der Waals surface area contributed by atoms with E-state index < -0.39 is 22.0 Å². The number of nitrogens with one attached hydrogen (secondary N) is 1. The van der Waals surface area contributed by atoms with Gasteiger partial charge in [0, 0.05) is 12.6 Å². The Bertz CT molecular complexity index is 694. The van der Waals surface area contributed by atoms with Crippen molar-refractivity contribution in [3.63, 3.8) is 0 Å². The highest BCUT2D eigenvalue weighted by Gasteiger charge is 2.19. The van der Waals surface area contributed by atoms with E-state index in [-0.39, 0.29) is 23.6 Å². The molecule has 0 saturated heterocycles. The lowest BCUT2D eigenvalue weighted by atomic mass is 10.2. The van der Waals surface area contributed by atoms with Crippen molar-refractivity contribution in [1.82, 2.24) is 4.72 Å². The van der Waals surface area contributed by atoms with Gasteiger partial charge in [-0.25, -0.2) is 17.9 Å². The van der Waals surface area contributed by atoms with Crippen LogP contribution in [0, 0.1) is 0 Å². The van der Waals surface area contributed by atoms with Crippen molar-refractivity contribution in [3.8, 4) is 5.75 Å². The van der Waals surface area contributed by atoms with Crippen molar-refractivity contribution in [2.75, 3.05) is 13.7 Å². The molecule has 0 aliphatic heterocycles. The maximum Gasteiger partial charge on any atom is 0.328 e. The zero-order valence-electron chi connectivity index (χ0n) is 11.6. The van der Waals surface area contributed by atoms with Crippen LogP contribution in [-0.4, -0.2) is 44.2 Å². The van der Waals surface area contributed by atoms with Crippen LogP contribution in [0.5, 0.6) is 5.75 Å². The number of sulfonamides is 1. The normalized spacial score (nSPS) is 11.5. The van der Waals surface area contributed by atoms with Crippen LogP contribution < -0.4 is 9.46 Å². The Morgan fingerprint density at radius 1 is 1.32 bits per heavy atom. The van der Waals surface area contributed by atoms with Gasteiger partial charge in [-0.05, 0) is 23.8 Å². The summed E-state index contributed by atoms with van der Waals surface area (Å²) in [5.41, 5.74) is 0.349. The van der Waals surface area contributed by atoms with E-state index in [2.05, 4.69) is 4.72 Å². The minimum atomic E-state index is -3.98. The number of aliphatic carboxylic acids is 2. The largest absolute Gasteiger partial charge is 0.495 e. The Morgan fingerprint density at radius 2 is 2.00 bits per heavy atom. The summed E-state index contributed by atoms with van der Waals surface area (Å²) < 4.78 is 31.4. The van der Waals surface area contributed by atoms with Gasteiger partial charge >= 0.3 is 11.9 Å². The number of hydrogen-bond acceptors (Lipinski definition) is 5. The molecule has 0 bridgehead atoms. The minimum absolute atomic E-state index is 0.0651. The molecule has 0 heterocycles. The van der Waals surface area contributed by atoms with Gasteiger partial charge in [0.25, 0.3) is 0 Å². The van der Waals surface area contributed by atoms with Crippen LogP contribution in [0.4, 0.5) is 0 Å². The van der Waals surface area contributed by atoms with Crippen LogP contribution in [0.1, 0.15) is 12.0 Å². The fourth-order valence-corrected chi connectivity index (χ4v) is 2.78. The molecule has 1 aromatic carbocycles. The number of hydrogen-bond donors (Lipinski definition) is 3. The minimum Gasteiger partial charge on any atom is -0.495 e. The quantitative estimate of drug-likeness (QED) is 0.594. The molecular weight excluding hydrogens is 314 g/mol. The third-order valence-corrected chi connectivity index (χ3v) is 4.01. The Morgan fingerprint density at radius 3 is 2.55 bits per heavy atom. The molecule has 120 valence electrons. The lowest BCUT2D eigenvalue weighted by Crippen LogP contribution is -2.26. The monoisotopic (exact) mass is 329 g/mol. The van der Waals surface area contributed by atoms with Crippen LogP contribution in [0.15, 0.2) is 29.2 Å². The summed E-state index contributed by atoms with van der Waals surface area (Å²) in [5, 5.41) is 17.1. The molecule has 22 heavy (non-hydrogen) atoms. The Hall–Kier alpha value is -2.39. The zero-order valence-corrected chi connectivity index (χ0v) is 12.5. The SMILES string of the molecule is COc1ccc(C=CC(=O)O)cc1S(=O)(=O)NCCC(=O)O. The number of carbonyl (C=O) groups is 2. The summed E-state index contributed by atoms with van der Waals surface area (Å²) in [5.74, 6) is -2.23. The van der Waals surface area contributed by atoms with Crippen LogP contribution >= 0.6 is 0 Å². The molecule has 3 N–H and O–H groups in total. The summed E-state index contributed by atoms with van der Waals surface area (Å²) >= 11 is 0. The van der Waals surface area contributed by atoms with E-state index >= 15 is 0 Å². The average molecular weight is 329 g/mol. The van der Waals surface area contributed by atoms with Gasteiger partial charge in [-0.15, -0.1) is 0 Å². The Balaban J connectivity index is 3.11. The fourth-order valence-electron chi connectivity index (χ4n) is 1.54. The number of methoxy groups -OCH3 is 1. The highest BCUT2D eigenvalue weighted by atomic mass is 32.2. The molecule has 9 heteroatoms. The maximum atomic E-state index is 12.2. The second-order valence-electron chi connectivity index (χ2n) is 4.12. The van der Waals surface area contributed by atoms with Crippen LogP contribution in [0.3, 0.4) is 0 Å². The number of carboxylic acids is 2. The van der Waals surface area contributed by atoms with Crippen LogP contribution in [-0.2, 0) is 19.6 Å². The molecular formula is C13H15NO7S. The summed E-state index contributed by atoms with van der Waals surface area (Å²) in [6, 6.07) is 4.11. The second kappa shape index (κ2) is 7.57. The molecule has 1 aromatic rings. The molecule has 1 rings (SSSR count). The van der Waals surface area contributed by atoms with Gasteiger partial charge in [0.15, 0.2) is 0 Å². The van der Waals surface area contributed by atoms with Crippen molar-refractivity contribution in [3.05, 3.63) is 29.8 Å². The zero-order chi connectivity index (χ0) is 16.8. The van der Waals surface area contributed by atoms with Crippen molar-refractivity contribution < 1.29 is 33.0 Å². The van der Waals surface area contributed by atoms with E-state index in [0.29, 0.717) is 5.56 Å². The Kier molecular flexibility index (Phi) is 6.08. The Labute approximate surface area is 127 Å². The molecule has 0 atom stereocenters. The first-order valence-corrected chi connectivity index (χ1v) is 7.55. The van der Waals surface area contributed by atoms with Gasteiger partial charge in [0.1, 0.15) is 10.6 Å². The third kappa shape index (κ3) is 5.19. The molecule has 0 saturated carbocycles. The average Bonchev–Trinajstić information content (AvgIpc) is 2.44. The maximum absolute atomic E-state index is 12.2. The molecule has 0 aromatic heterocycles. The van der Waals surface area contributed by atoms with E-state index in [4.69, 9.17) is 14.9 Å². The summed E-state index contributed by atoms with van der Waals surface area (Å²) in [7, 11) is -2.69. The summed E-state index contributed by atoms with van der Waals surface area (Å²) in [6.07, 6.45) is 1.74. The van der Waals surface area contributed by atoms with Gasteiger partial charge in [-0.3, -0.25) is 4.79 Å². The van der Waals surface area contributed by atoms with Gasteiger partial charge in [0.05, 0.1) is 13.5 Å². The lowest BCUT2D eigenvalue weighted by molar-refractivity contribution is -0.137. The number of ether oxygens (including phenoxy) is 1. The third-order valence-electron chi connectivity index (χ3n) is 2.53. The van der Waals surface area contributed by atoms with Crippen LogP contribution in [0.25, 0.3) is 6.08 Å². The van der Waals surface area contributed by atoms with E-state index in [1.54, 1.807) is 0 Å². The van der Waals surface area contributed by atoms with Gasteiger partial charge < -0.3 is 14.9 Å². The topological polar surface area (TPSA) is 130 Å². The molecule has 0 aliphatic rings. The van der Waals surface area contributed by atoms with Gasteiger partial charge in [-0.1, -0.05) is 6.07 Å². The van der Waals surface area contributed by atoms with Gasteiger partial charge in [-0.2, -0.15) is 0 Å². The van der Waals surface area contributed by atoms with Crippen LogP contribution in [0.2, 0.25) is 0 Å². The fraction of sp³-hybridized carbons (Fsp3) is 0.231. The number of carboxylic acid groups (broad SMARTS) is 2. The predicted octanol–water partition coefficient (Wildman–Crippen LogP) is 0.546. The molecule has 0 fully saturated rings. The molecule has 8 nitrogen and oxygen atoms in total. The van der Waals surface area contributed by atoms with E-state index in [1.165, 1.54) is 31.4 Å². The molecule has 0 amide bonds. The smallest absolute Gasteiger partial charge is 0.328 e. The standard InChI is InChI=1S/C13H15NO7S/c1-21-10-4-2-9(3-5-12(15)16)8-11(10)22(19,20)14-7-6-13(17)18/h2-5,8,14H,6-7H2,1H3,(H,15,16)(H,17,18). The molecule has 0 spiro atoms. The van der Waals surface area contributed by atoms with E-state index in [0.717, 1.165) is 6.08 Å².